The Kier molecular flexibility index (Phi) is 6.30. The van der Waals surface area contributed by atoms with Gasteiger partial charge in [0, 0.05) is 11.6 Å². The molecule has 0 heterocycles. The van der Waals surface area contributed by atoms with Crippen LogP contribution >= 0.6 is 0 Å². The first-order chi connectivity index (χ1) is 12.3. The van der Waals surface area contributed by atoms with Crippen LogP contribution in [0.1, 0.15) is 29.8 Å². The Morgan fingerprint density at radius 2 is 1.88 bits per heavy atom. The molecule has 0 saturated carbocycles. The molecule has 1 amide bonds. The molecule has 2 rings (SSSR count). The quantitative estimate of drug-likeness (QED) is 0.577. The summed E-state index contributed by atoms with van der Waals surface area (Å²) in [5.41, 5.74) is 0.341. The van der Waals surface area contributed by atoms with E-state index in [1.807, 2.05) is 44.2 Å². The number of nitro benzene ring substituents is 1. The van der Waals surface area contributed by atoms with Crippen LogP contribution in [-0.2, 0) is 11.3 Å². The van der Waals surface area contributed by atoms with Gasteiger partial charge in [0.25, 0.3) is 5.91 Å². The summed E-state index contributed by atoms with van der Waals surface area (Å²) >= 11 is 0. The number of hydrogen-bond acceptors (Lipinski definition) is 5. The van der Waals surface area contributed by atoms with E-state index in [1.54, 1.807) is 0 Å². The Labute approximate surface area is 152 Å². The van der Waals surface area contributed by atoms with Gasteiger partial charge in [-0.1, -0.05) is 30.3 Å². The number of ether oxygens (including phenoxy) is 2. The molecule has 0 saturated heterocycles. The van der Waals surface area contributed by atoms with Crippen molar-refractivity contribution in [1.29, 1.82) is 0 Å². The predicted molar refractivity (Wildman–Crippen MR) is 97.3 cm³/mol. The molecule has 7 nitrogen and oxygen atoms in total. The maximum absolute atomic E-state index is 12.4. The van der Waals surface area contributed by atoms with Crippen LogP contribution in [0.4, 0.5) is 5.69 Å². The molecule has 0 aromatic heterocycles. The van der Waals surface area contributed by atoms with Gasteiger partial charge < -0.3 is 14.8 Å². The van der Waals surface area contributed by atoms with Crippen LogP contribution < -0.4 is 10.1 Å². The molecule has 2 aromatic carbocycles. The third kappa shape index (κ3) is 5.29. The average Bonchev–Trinajstić information content (AvgIpc) is 2.61. The molecule has 0 fully saturated rings. The van der Waals surface area contributed by atoms with Gasteiger partial charge in [-0.25, -0.2) is 0 Å². The zero-order valence-corrected chi connectivity index (χ0v) is 15.0. The highest BCUT2D eigenvalue weighted by Crippen LogP contribution is 2.27. The lowest BCUT2D eigenvalue weighted by molar-refractivity contribution is -0.385. The van der Waals surface area contributed by atoms with Crippen molar-refractivity contribution in [1.82, 2.24) is 5.32 Å². The van der Waals surface area contributed by atoms with Gasteiger partial charge in [-0.05, 0) is 31.5 Å². The highest BCUT2D eigenvalue weighted by atomic mass is 16.6. The van der Waals surface area contributed by atoms with Gasteiger partial charge in [0.2, 0.25) is 0 Å². The summed E-state index contributed by atoms with van der Waals surface area (Å²) in [6.45, 7) is 4.39. The van der Waals surface area contributed by atoms with Crippen molar-refractivity contribution in [2.75, 3.05) is 13.7 Å². The number of hydrogen-bond donors (Lipinski definition) is 1. The highest BCUT2D eigenvalue weighted by Gasteiger charge is 2.24. The summed E-state index contributed by atoms with van der Waals surface area (Å²) in [6, 6.07) is 13.8. The van der Waals surface area contributed by atoms with Crippen LogP contribution in [0.2, 0.25) is 0 Å². The summed E-state index contributed by atoms with van der Waals surface area (Å²) in [4.78, 5) is 22.9. The van der Waals surface area contributed by atoms with E-state index >= 15 is 0 Å². The fourth-order valence-electron chi connectivity index (χ4n) is 2.39. The Morgan fingerprint density at radius 3 is 2.50 bits per heavy atom. The van der Waals surface area contributed by atoms with Crippen LogP contribution in [0.15, 0.2) is 48.5 Å². The second-order valence-corrected chi connectivity index (χ2v) is 6.46. The van der Waals surface area contributed by atoms with Crippen molar-refractivity contribution in [2.24, 2.45) is 0 Å². The first-order valence-electron chi connectivity index (χ1n) is 8.09. The monoisotopic (exact) mass is 358 g/mol. The number of methoxy groups -OCH3 is 1. The maximum Gasteiger partial charge on any atom is 0.311 e. The van der Waals surface area contributed by atoms with Gasteiger partial charge in [-0.3, -0.25) is 14.9 Å². The largest absolute Gasteiger partial charge is 0.490 e. The smallest absolute Gasteiger partial charge is 0.311 e. The molecule has 0 spiro atoms. The minimum Gasteiger partial charge on any atom is -0.490 e. The van der Waals surface area contributed by atoms with Gasteiger partial charge in [0.05, 0.1) is 30.8 Å². The fourth-order valence-corrected chi connectivity index (χ4v) is 2.39. The minimum atomic E-state index is -0.638. The lowest BCUT2D eigenvalue weighted by Gasteiger charge is -2.26. The highest BCUT2D eigenvalue weighted by molar-refractivity contribution is 5.95. The van der Waals surface area contributed by atoms with Crippen LogP contribution in [-0.4, -0.2) is 30.1 Å². The fraction of sp³-hybridized carbons (Fsp3) is 0.316. The van der Waals surface area contributed by atoms with Crippen LogP contribution in [0.25, 0.3) is 0 Å². The summed E-state index contributed by atoms with van der Waals surface area (Å²) in [6.07, 6.45) is 0. The van der Waals surface area contributed by atoms with Crippen molar-refractivity contribution in [2.45, 2.75) is 26.0 Å². The normalized spacial score (nSPS) is 11.0. The SMILES string of the molecule is COc1ccc(C(=O)NC(C)(C)COCc2ccccc2)cc1[N+](=O)[O-]. The van der Waals surface area contributed by atoms with Crippen molar-refractivity contribution < 1.29 is 19.2 Å². The first kappa shape index (κ1) is 19.4. The first-order valence-corrected chi connectivity index (χ1v) is 8.09. The molecule has 0 aliphatic rings. The number of nitro groups is 1. The van der Waals surface area contributed by atoms with E-state index in [9.17, 15) is 14.9 Å². The number of carbonyl (C=O) groups is 1. The zero-order valence-electron chi connectivity index (χ0n) is 15.0. The number of carbonyl (C=O) groups excluding carboxylic acids is 1. The molecule has 2 aromatic rings. The van der Waals surface area contributed by atoms with Crippen molar-refractivity contribution in [3.05, 3.63) is 69.8 Å². The molecule has 0 radical (unpaired) electrons. The molecular weight excluding hydrogens is 336 g/mol. The second kappa shape index (κ2) is 8.44. The van der Waals surface area contributed by atoms with E-state index in [0.29, 0.717) is 13.2 Å². The molecular formula is C19H22N2O5. The molecule has 0 bridgehead atoms. The van der Waals surface area contributed by atoms with Crippen LogP contribution in [0, 0.1) is 10.1 Å². The Hall–Kier alpha value is -2.93. The summed E-state index contributed by atoms with van der Waals surface area (Å²) in [5.74, 6) is -0.305. The summed E-state index contributed by atoms with van der Waals surface area (Å²) < 4.78 is 10.6. The number of amides is 1. The third-order valence-corrected chi connectivity index (χ3v) is 3.66. The third-order valence-electron chi connectivity index (χ3n) is 3.66. The topological polar surface area (TPSA) is 90.7 Å². The number of nitrogens with zero attached hydrogens (tertiary/aromatic N) is 1. The number of rotatable bonds is 8. The zero-order chi connectivity index (χ0) is 19.2. The standard InChI is InChI=1S/C19H22N2O5/c1-19(2,13-26-12-14-7-5-4-6-8-14)20-18(22)15-9-10-17(25-3)16(11-15)21(23)24/h4-11H,12-13H2,1-3H3,(H,20,22). The van der Waals surface area contributed by atoms with Crippen molar-refractivity contribution in [3.8, 4) is 5.75 Å². The van der Waals surface area contributed by atoms with Gasteiger partial charge in [0.1, 0.15) is 0 Å². The van der Waals surface area contributed by atoms with E-state index in [-0.39, 0.29) is 17.0 Å². The Balaban J connectivity index is 1.98. The van der Waals surface area contributed by atoms with E-state index in [4.69, 9.17) is 9.47 Å². The van der Waals surface area contributed by atoms with E-state index in [0.717, 1.165) is 5.56 Å². The van der Waals surface area contributed by atoms with E-state index in [1.165, 1.54) is 25.3 Å². The van der Waals surface area contributed by atoms with Gasteiger partial charge in [0.15, 0.2) is 5.75 Å². The second-order valence-electron chi connectivity index (χ2n) is 6.46. The molecule has 138 valence electrons. The molecule has 0 unspecified atom stereocenters. The molecule has 0 aliphatic heterocycles. The summed E-state index contributed by atoms with van der Waals surface area (Å²) in [7, 11) is 1.34. The van der Waals surface area contributed by atoms with Crippen LogP contribution in [0.3, 0.4) is 0 Å². The van der Waals surface area contributed by atoms with Crippen molar-refractivity contribution >= 4 is 11.6 Å². The molecule has 0 atom stereocenters. The molecule has 1 N–H and O–H groups in total. The lowest BCUT2D eigenvalue weighted by Crippen LogP contribution is -2.47. The average molecular weight is 358 g/mol. The van der Waals surface area contributed by atoms with Crippen LogP contribution in [0.5, 0.6) is 5.75 Å². The van der Waals surface area contributed by atoms with E-state index in [2.05, 4.69) is 5.32 Å². The van der Waals surface area contributed by atoms with E-state index < -0.39 is 16.4 Å². The number of benzene rings is 2. The number of nitrogens with one attached hydrogen (secondary N) is 1. The predicted octanol–water partition coefficient (Wildman–Crippen LogP) is 3.33. The maximum atomic E-state index is 12.4. The molecule has 26 heavy (non-hydrogen) atoms. The van der Waals surface area contributed by atoms with Crippen molar-refractivity contribution in [3.63, 3.8) is 0 Å². The van der Waals surface area contributed by atoms with Gasteiger partial charge in [-0.15, -0.1) is 0 Å². The van der Waals surface area contributed by atoms with Gasteiger partial charge >= 0.3 is 5.69 Å². The molecule has 7 heteroatoms. The Bertz CT molecular complexity index is 775. The molecule has 0 aliphatic carbocycles. The Morgan fingerprint density at radius 1 is 1.19 bits per heavy atom. The lowest BCUT2D eigenvalue weighted by atomic mass is 10.1. The minimum absolute atomic E-state index is 0.108. The summed E-state index contributed by atoms with van der Waals surface area (Å²) in [5, 5.41) is 13.9. The van der Waals surface area contributed by atoms with Gasteiger partial charge in [-0.2, -0.15) is 0 Å².